The first kappa shape index (κ1) is 37.3. The molecule has 0 saturated heterocycles. The van der Waals surface area contributed by atoms with E-state index in [9.17, 15) is 9.59 Å². The first-order chi connectivity index (χ1) is 26.7. The van der Waals surface area contributed by atoms with E-state index in [0.717, 1.165) is 40.1 Å². The molecule has 2 heterocycles. The van der Waals surface area contributed by atoms with E-state index in [1.165, 1.54) is 12.7 Å². The summed E-state index contributed by atoms with van der Waals surface area (Å²) in [5.74, 6) is 1.53. The molecule has 1 aliphatic rings. The summed E-state index contributed by atoms with van der Waals surface area (Å²) < 4.78 is 19.2. The molecule has 55 heavy (non-hydrogen) atoms. The molecular formula is C46H44ClN3O5. The molecule has 9 heteroatoms. The molecule has 0 radical (unpaired) electrons. The molecule has 2 amide bonds. The molecule has 5 aromatic carbocycles. The van der Waals surface area contributed by atoms with Gasteiger partial charge in [0.25, 0.3) is 11.8 Å². The summed E-state index contributed by atoms with van der Waals surface area (Å²) in [5.41, 5.74) is 9.06. The van der Waals surface area contributed by atoms with Gasteiger partial charge in [-0.3, -0.25) is 9.59 Å². The Hall–Kier alpha value is -5.99. The maximum atomic E-state index is 14.9. The number of halogens is 1. The number of fused-ring (bicyclic) bond motifs is 1. The van der Waals surface area contributed by atoms with E-state index in [1.54, 1.807) is 24.1 Å². The molecule has 0 saturated carbocycles. The van der Waals surface area contributed by atoms with Crippen molar-refractivity contribution in [2.75, 3.05) is 25.7 Å². The van der Waals surface area contributed by atoms with Crippen LogP contribution < -0.4 is 19.1 Å². The highest BCUT2D eigenvalue weighted by molar-refractivity contribution is 6.32. The summed E-state index contributed by atoms with van der Waals surface area (Å²) in [7, 11) is 5.09. The molecule has 1 aliphatic heterocycles. The zero-order chi connectivity index (χ0) is 38.6. The Balaban J connectivity index is 1.25. The van der Waals surface area contributed by atoms with Gasteiger partial charge >= 0.3 is 0 Å². The molecule has 0 spiro atoms. The quantitative estimate of drug-likeness (QED) is 0.132. The second kappa shape index (κ2) is 16.2. The van der Waals surface area contributed by atoms with E-state index in [0.29, 0.717) is 70.8 Å². The Morgan fingerprint density at radius 2 is 1.49 bits per heavy atom. The van der Waals surface area contributed by atoms with Gasteiger partial charge in [0.05, 0.1) is 36.9 Å². The summed E-state index contributed by atoms with van der Waals surface area (Å²) in [6, 6.07) is 37.0. The molecule has 0 aliphatic carbocycles. The summed E-state index contributed by atoms with van der Waals surface area (Å²) in [6.07, 6.45) is 0.770. The van der Waals surface area contributed by atoms with Gasteiger partial charge in [0, 0.05) is 42.8 Å². The SMILES string of the molecule is COc1cc(C(=O)N2CCc3ccccc3C2)c(-c2cc(C(=O)N(Cc3cccc(OC)c3C)c3ccc(OCc4ccccc4)cc3)c(C)n2C)cc1Cl. The maximum absolute atomic E-state index is 14.9. The van der Waals surface area contributed by atoms with Crippen LogP contribution in [-0.4, -0.2) is 42.0 Å². The average Bonchev–Trinajstić information content (AvgIpc) is 3.52. The maximum Gasteiger partial charge on any atom is 0.260 e. The molecule has 6 aromatic rings. The molecule has 280 valence electrons. The van der Waals surface area contributed by atoms with E-state index in [-0.39, 0.29) is 11.8 Å². The van der Waals surface area contributed by atoms with Crippen LogP contribution in [0, 0.1) is 13.8 Å². The number of carbonyl (C=O) groups excluding carboxylic acids is 2. The Morgan fingerprint density at radius 3 is 2.22 bits per heavy atom. The fourth-order valence-corrected chi connectivity index (χ4v) is 7.46. The fraction of sp³-hybridized carbons (Fsp3) is 0.217. The Morgan fingerprint density at radius 1 is 0.782 bits per heavy atom. The standard InChI is InChI=1S/C46H44ClN3O5/c1-30-34(16-11-17-43(30)53-4)28-50(36-18-20-37(21-19-36)55-29-32-12-7-6-8-13-32)46(52)38-25-42(48(3)31(38)2)39-24-41(47)44(54-5)26-40(39)45(51)49-23-22-33-14-9-10-15-35(33)27-49/h6-21,24-26H,22-23,27-29H2,1-5H3. The number of ether oxygens (including phenoxy) is 3. The van der Waals surface area contributed by atoms with Gasteiger partial charge < -0.3 is 28.6 Å². The largest absolute Gasteiger partial charge is 0.496 e. The van der Waals surface area contributed by atoms with Gasteiger partial charge in [-0.1, -0.05) is 78.3 Å². The van der Waals surface area contributed by atoms with E-state index < -0.39 is 0 Å². The normalized spacial score (nSPS) is 12.2. The lowest BCUT2D eigenvalue weighted by Crippen LogP contribution is -2.36. The van der Waals surface area contributed by atoms with Gasteiger partial charge in [0.1, 0.15) is 23.9 Å². The van der Waals surface area contributed by atoms with Gasteiger partial charge in [0.15, 0.2) is 0 Å². The van der Waals surface area contributed by atoms with Crippen molar-refractivity contribution in [1.29, 1.82) is 0 Å². The van der Waals surface area contributed by atoms with Crippen LogP contribution in [0.4, 0.5) is 5.69 Å². The summed E-state index contributed by atoms with van der Waals surface area (Å²) >= 11 is 6.75. The number of amides is 2. The number of methoxy groups -OCH3 is 2. The molecule has 8 nitrogen and oxygen atoms in total. The Bertz CT molecular complexity index is 2350. The van der Waals surface area contributed by atoms with Gasteiger partial charge in [-0.2, -0.15) is 0 Å². The van der Waals surface area contributed by atoms with Crippen molar-refractivity contribution < 1.29 is 23.8 Å². The zero-order valence-corrected chi connectivity index (χ0v) is 32.5. The predicted molar refractivity (Wildman–Crippen MR) is 217 cm³/mol. The Labute approximate surface area is 327 Å². The highest BCUT2D eigenvalue weighted by atomic mass is 35.5. The molecule has 0 N–H and O–H groups in total. The smallest absolute Gasteiger partial charge is 0.260 e. The monoisotopic (exact) mass is 753 g/mol. The lowest BCUT2D eigenvalue weighted by molar-refractivity contribution is 0.0735. The van der Waals surface area contributed by atoms with Crippen molar-refractivity contribution in [3.05, 3.63) is 165 Å². The number of carbonyl (C=O) groups is 2. The van der Waals surface area contributed by atoms with Crippen LogP contribution in [0.25, 0.3) is 11.3 Å². The summed E-state index contributed by atoms with van der Waals surface area (Å²) in [5, 5.41) is 0.370. The van der Waals surface area contributed by atoms with Crippen molar-refractivity contribution in [2.45, 2.75) is 40.0 Å². The van der Waals surface area contributed by atoms with Crippen LogP contribution in [0.3, 0.4) is 0 Å². The summed E-state index contributed by atoms with van der Waals surface area (Å²) in [4.78, 5) is 32.9. The third-order valence-corrected chi connectivity index (χ3v) is 10.9. The number of hydrogen-bond donors (Lipinski definition) is 0. The van der Waals surface area contributed by atoms with Crippen molar-refractivity contribution >= 4 is 29.1 Å². The van der Waals surface area contributed by atoms with Crippen LogP contribution in [0.2, 0.25) is 5.02 Å². The zero-order valence-electron chi connectivity index (χ0n) is 31.8. The molecular weight excluding hydrogens is 710 g/mol. The predicted octanol–water partition coefficient (Wildman–Crippen LogP) is 9.60. The molecule has 7 rings (SSSR count). The van der Waals surface area contributed by atoms with Gasteiger partial charge in [-0.15, -0.1) is 0 Å². The first-order valence-electron chi connectivity index (χ1n) is 18.3. The van der Waals surface area contributed by atoms with Crippen molar-refractivity contribution in [2.24, 2.45) is 7.05 Å². The topological polar surface area (TPSA) is 73.2 Å². The van der Waals surface area contributed by atoms with Gasteiger partial charge in [-0.05, 0) is 96.6 Å². The molecule has 0 unspecified atom stereocenters. The van der Waals surface area contributed by atoms with Crippen LogP contribution in [-0.2, 0) is 33.2 Å². The van der Waals surface area contributed by atoms with Crippen LogP contribution in [0.1, 0.15) is 54.2 Å². The number of rotatable bonds is 11. The van der Waals surface area contributed by atoms with Crippen LogP contribution in [0.15, 0.2) is 115 Å². The highest BCUT2D eigenvalue weighted by Gasteiger charge is 2.29. The number of benzene rings is 5. The number of aromatic nitrogens is 1. The second-order valence-corrected chi connectivity index (χ2v) is 14.2. The number of hydrogen-bond acceptors (Lipinski definition) is 5. The molecule has 0 fully saturated rings. The molecule has 0 atom stereocenters. The Kier molecular flexibility index (Phi) is 11.0. The van der Waals surface area contributed by atoms with E-state index in [2.05, 4.69) is 12.1 Å². The minimum absolute atomic E-state index is 0.129. The first-order valence-corrected chi connectivity index (χ1v) is 18.7. The van der Waals surface area contributed by atoms with Crippen molar-refractivity contribution in [1.82, 2.24) is 9.47 Å². The third-order valence-electron chi connectivity index (χ3n) is 10.6. The van der Waals surface area contributed by atoms with Crippen molar-refractivity contribution in [3.8, 4) is 28.5 Å². The van der Waals surface area contributed by atoms with E-state index >= 15 is 0 Å². The molecule has 1 aromatic heterocycles. The van der Waals surface area contributed by atoms with Crippen LogP contribution >= 0.6 is 11.6 Å². The average molecular weight is 754 g/mol. The minimum atomic E-state index is -0.195. The van der Waals surface area contributed by atoms with E-state index in [4.69, 9.17) is 25.8 Å². The minimum Gasteiger partial charge on any atom is -0.496 e. The fourth-order valence-electron chi connectivity index (χ4n) is 7.22. The van der Waals surface area contributed by atoms with Gasteiger partial charge in [0.2, 0.25) is 0 Å². The second-order valence-electron chi connectivity index (χ2n) is 13.8. The van der Waals surface area contributed by atoms with Crippen LogP contribution in [0.5, 0.6) is 17.2 Å². The van der Waals surface area contributed by atoms with Gasteiger partial charge in [-0.25, -0.2) is 0 Å². The number of anilines is 1. The lowest BCUT2D eigenvalue weighted by Gasteiger charge is -2.29. The summed E-state index contributed by atoms with van der Waals surface area (Å²) in [6.45, 7) is 5.73. The molecule has 0 bridgehead atoms. The van der Waals surface area contributed by atoms with Crippen molar-refractivity contribution in [3.63, 3.8) is 0 Å². The third kappa shape index (κ3) is 7.68. The highest BCUT2D eigenvalue weighted by Crippen LogP contribution is 2.38. The van der Waals surface area contributed by atoms with E-state index in [1.807, 2.05) is 121 Å². The number of nitrogens with zero attached hydrogens (tertiary/aromatic N) is 3. The lowest BCUT2D eigenvalue weighted by atomic mass is 9.97.